The van der Waals surface area contributed by atoms with E-state index in [-0.39, 0.29) is 5.91 Å². The highest BCUT2D eigenvalue weighted by molar-refractivity contribution is 5.93. The summed E-state index contributed by atoms with van der Waals surface area (Å²) in [5, 5.41) is 8.71. The molecule has 0 bridgehead atoms. The molecule has 0 spiro atoms. The quantitative estimate of drug-likeness (QED) is 0.483. The van der Waals surface area contributed by atoms with Crippen LogP contribution in [0.5, 0.6) is 0 Å². The molecule has 5 rings (SSSR count). The Labute approximate surface area is 179 Å². The summed E-state index contributed by atoms with van der Waals surface area (Å²) in [5.74, 6) is 2.83. The molecule has 8 nitrogen and oxygen atoms in total. The highest BCUT2D eigenvalue weighted by atomic mass is 16.2. The van der Waals surface area contributed by atoms with Gasteiger partial charge in [-0.3, -0.25) is 9.48 Å². The molecule has 0 N–H and O–H groups in total. The van der Waals surface area contributed by atoms with Gasteiger partial charge >= 0.3 is 0 Å². The number of fused-ring (bicyclic) bond motifs is 1. The Kier molecular flexibility index (Phi) is 4.64. The van der Waals surface area contributed by atoms with Crippen molar-refractivity contribution in [1.82, 2.24) is 29.3 Å². The molecule has 31 heavy (non-hydrogen) atoms. The summed E-state index contributed by atoms with van der Waals surface area (Å²) in [4.78, 5) is 20.2. The van der Waals surface area contributed by atoms with Gasteiger partial charge in [0.1, 0.15) is 5.82 Å². The van der Waals surface area contributed by atoms with Crippen LogP contribution in [0.4, 0.5) is 5.82 Å². The zero-order chi connectivity index (χ0) is 21.4. The predicted octanol–water partition coefficient (Wildman–Crippen LogP) is 2.08. The maximum absolute atomic E-state index is 11.7. The van der Waals surface area contributed by atoms with Crippen molar-refractivity contribution in [3.63, 3.8) is 0 Å². The van der Waals surface area contributed by atoms with Crippen LogP contribution in [-0.4, -0.2) is 61.4 Å². The van der Waals surface area contributed by atoms with Crippen LogP contribution in [0.15, 0.2) is 55.2 Å². The fraction of sp³-hybridized carbons (Fsp3) is 0.217. The van der Waals surface area contributed by atoms with Gasteiger partial charge in [-0.05, 0) is 30.2 Å². The molecule has 0 atom stereocenters. The monoisotopic (exact) mass is 411 g/mol. The Morgan fingerprint density at radius 1 is 1.00 bits per heavy atom. The second kappa shape index (κ2) is 7.61. The second-order valence-corrected chi connectivity index (χ2v) is 7.53. The van der Waals surface area contributed by atoms with E-state index < -0.39 is 0 Å². The molecule has 1 saturated heterocycles. The first-order valence-electron chi connectivity index (χ1n) is 10.1. The van der Waals surface area contributed by atoms with Crippen molar-refractivity contribution in [2.24, 2.45) is 7.05 Å². The summed E-state index contributed by atoms with van der Waals surface area (Å²) in [6, 6.07) is 8.25. The number of amides is 1. The minimum Gasteiger partial charge on any atom is -0.353 e. The van der Waals surface area contributed by atoms with Crippen molar-refractivity contribution in [3.8, 4) is 34.6 Å². The largest absolute Gasteiger partial charge is 0.353 e. The fourth-order valence-corrected chi connectivity index (χ4v) is 3.95. The molecule has 0 saturated carbocycles. The van der Waals surface area contributed by atoms with E-state index in [4.69, 9.17) is 11.4 Å². The fourth-order valence-electron chi connectivity index (χ4n) is 3.95. The predicted molar refractivity (Wildman–Crippen MR) is 118 cm³/mol. The standard InChI is InChI=1S/C23H21N7O/c1-3-23(31)29-10-8-28(9-11-29)22-5-4-17(13-24-22)20-12-18(19-14-26-27(2)15-19)16-30-21(20)6-7-25-30/h1,4-7,12-16H,8-11H2,2H3. The lowest BCUT2D eigenvalue weighted by Crippen LogP contribution is -2.48. The van der Waals surface area contributed by atoms with E-state index in [1.54, 1.807) is 15.8 Å². The highest BCUT2D eigenvalue weighted by Crippen LogP contribution is 2.30. The van der Waals surface area contributed by atoms with E-state index in [0.29, 0.717) is 26.2 Å². The van der Waals surface area contributed by atoms with Crippen molar-refractivity contribution >= 4 is 17.2 Å². The zero-order valence-corrected chi connectivity index (χ0v) is 17.1. The molecule has 0 aromatic carbocycles. The Balaban J connectivity index is 1.43. The van der Waals surface area contributed by atoms with Crippen molar-refractivity contribution in [1.29, 1.82) is 0 Å². The van der Waals surface area contributed by atoms with E-state index in [1.165, 1.54) is 0 Å². The number of piperazine rings is 1. The minimum atomic E-state index is -0.249. The van der Waals surface area contributed by atoms with Crippen LogP contribution < -0.4 is 4.90 Å². The van der Waals surface area contributed by atoms with E-state index in [0.717, 1.165) is 33.6 Å². The van der Waals surface area contributed by atoms with Gasteiger partial charge in [0.15, 0.2) is 0 Å². The molecular weight excluding hydrogens is 390 g/mol. The third-order valence-corrected chi connectivity index (χ3v) is 5.62. The summed E-state index contributed by atoms with van der Waals surface area (Å²) in [7, 11) is 1.90. The van der Waals surface area contributed by atoms with Crippen LogP contribution in [0.2, 0.25) is 0 Å². The van der Waals surface area contributed by atoms with Crippen LogP contribution in [-0.2, 0) is 11.8 Å². The van der Waals surface area contributed by atoms with Crippen LogP contribution in [0, 0.1) is 12.3 Å². The number of aromatic nitrogens is 5. The number of pyridine rings is 2. The molecule has 1 fully saturated rings. The molecule has 0 unspecified atom stereocenters. The molecule has 8 heteroatoms. The van der Waals surface area contributed by atoms with Gasteiger partial charge in [-0.2, -0.15) is 10.2 Å². The number of terminal acetylenes is 1. The molecule has 1 aliphatic rings. The van der Waals surface area contributed by atoms with Crippen molar-refractivity contribution < 1.29 is 4.79 Å². The SMILES string of the molecule is C#CC(=O)N1CCN(c2ccc(-c3cc(-c4cnn(C)c4)cn4nccc34)cn2)CC1. The third-order valence-electron chi connectivity index (χ3n) is 5.62. The van der Waals surface area contributed by atoms with Gasteiger partial charge in [0.05, 0.1) is 11.7 Å². The first-order chi connectivity index (χ1) is 15.1. The third kappa shape index (κ3) is 3.51. The van der Waals surface area contributed by atoms with Gasteiger partial charge in [0.25, 0.3) is 5.91 Å². The summed E-state index contributed by atoms with van der Waals surface area (Å²) < 4.78 is 3.67. The molecule has 1 amide bonds. The molecule has 0 radical (unpaired) electrons. The van der Waals surface area contributed by atoms with E-state index in [1.807, 2.05) is 48.5 Å². The van der Waals surface area contributed by atoms with E-state index in [9.17, 15) is 4.79 Å². The molecule has 4 aromatic rings. The number of anilines is 1. The van der Waals surface area contributed by atoms with Crippen molar-refractivity contribution in [2.75, 3.05) is 31.1 Å². The van der Waals surface area contributed by atoms with Crippen LogP contribution >= 0.6 is 0 Å². The van der Waals surface area contributed by atoms with Crippen molar-refractivity contribution in [3.05, 3.63) is 55.2 Å². The van der Waals surface area contributed by atoms with Crippen molar-refractivity contribution in [2.45, 2.75) is 0 Å². The Morgan fingerprint density at radius 2 is 1.84 bits per heavy atom. The maximum Gasteiger partial charge on any atom is 0.298 e. The van der Waals surface area contributed by atoms with E-state index in [2.05, 4.69) is 33.2 Å². The van der Waals surface area contributed by atoms with Crippen LogP contribution in [0.25, 0.3) is 27.8 Å². The minimum absolute atomic E-state index is 0.249. The smallest absolute Gasteiger partial charge is 0.298 e. The normalized spacial score (nSPS) is 14.1. The van der Waals surface area contributed by atoms with Gasteiger partial charge in [0.2, 0.25) is 0 Å². The maximum atomic E-state index is 11.7. The van der Waals surface area contributed by atoms with Gasteiger partial charge < -0.3 is 9.80 Å². The van der Waals surface area contributed by atoms with Gasteiger partial charge in [0, 0.05) is 80.3 Å². The molecule has 154 valence electrons. The number of hydrogen-bond acceptors (Lipinski definition) is 5. The zero-order valence-electron chi connectivity index (χ0n) is 17.1. The number of aryl methyl sites for hydroxylation is 1. The van der Waals surface area contributed by atoms with Gasteiger partial charge in [-0.15, -0.1) is 6.42 Å². The molecular formula is C23H21N7O. The lowest BCUT2D eigenvalue weighted by molar-refractivity contribution is -0.125. The summed E-state index contributed by atoms with van der Waals surface area (Å²) in [6.45, 7) is 2.64. The number of nitrogens with zero attached hydrogens (tertiary/aromatic N) is 7. The topological polar surface area (TPSA) is 71.6 Å². The molecule has 5 heterocycles. The average Bonchev–Trinajstić information content (AvgIpc) is 3.47. The summed E-state index contributed by atoms with van der Waals surface area (Å²) >= 11 is 0. The highest BCUT2D eigenvalue weighted by Gasteiger charge is 2.21. The van der Waals surface area contributed by atoms with Gasteiger partial charge in [-0.25, -0.2) is 9.50 Å². The second-order valence-electron chi connectivity index (χ2n) is 7.53. The number of carbonyl (C=O) groups is 1. The Hall–Kier alpha value is -4.12. The molecule has 4 aromatic heterocycles. The number of carbonyl (C=O) groups excluding carboxylic acids is 1. The lowest BCUT2D eigenvalue weighted by atomic mass is 10.0. The van der Waals surface area contributed by atoms with Crippen LogP contribution in [0.1, 0.15) is 0 Å². The number of rotatable bonds is 3. The summed E-state index contributed by atoms with van der Waals surface area (Å²) in [6.07, 6.45) is 14.8. The van der Waals surface area contributed by atoms with Gasteiger partial charge in [-0.1, -0.05) is 0 Å². The molecule has 0 aliphatic carbocycles. The van der Waals surface area contributed by atoms with Crippen LogP contribution in [0.3, 0.4) is 0 Å². The lowest BCUT2D eigenvalue weighted by Gasteiger charge is -2.34. The first kappa shape index (κ1) is 18.9. The average molecular weight is 411 g/mol. The molecule has 1 aliphatic heterocycles. The number of hydrogen-bond donors (Lipinski definition) is 0. The van der Waals surface area contributed by atoms with E-state index >= 15 is 0 Å². The Morgan fingerprint density at radius 3 is 2.52 bits per heavy atom. The Bertz CT molecular complexity index is 1290. The summed E-state index contributed by atoms with van der Waals surface area (Å²) in [5.41, 5.74) is 5.16. The first-order valence-corrected chi connectivity index (χ1v) is 10.1.